The molecule has 11 heteroatoms. The lowest BCUT2D eigenvalue weighted by Crippen LogP contribution is -2.21. The van der Waals surface area contributed by atoms with Gasteiger partial charge in [0.2, 0.25) is 15.9 Å². The highest BCUT2D eigenvalue weighted by Gasteiger charge is 2.33. The molecule has 0 saturated heterocycles. The molecule has 0 aliphatic rings. The van der Waals surface area contributed by atoms with E-state index in [0.29, 0.717) is 0 Å². The summed E-state index contributed by atoms with van der Waals surface area (Å²) in [7, 11) is -3.79. The van der Waals surface area contributed by atoms with E-state index < -0.39 is 44.7 Å². The molecule has 0 bridgehead atoms. The minimum atomic E-state index is -4.71. The quantitative estimate of drug-likeness (QED) is 0.390. The molecule has 2 N–H and O–H groups in total. The van der Waals surface area contributed by atoms with Gasteiger partial charge in [0, 0.05) is 24.4 Å². The molecular formula is C21H15F4N3O3S. The van der Waals surface area contributed by atoms with E-state index in [9.17, 15) is 30.8 Å². The molecule has 0 radical (unpaired) electrons. The van der Waals surface area contributed by atoms with Crippen LogP contribution in [0.15, 0.2) is 30.5 Å². The number of alkyl halides is 3. The van der Waals surface area contributed by atoms with E-state index in [1.807, 2.05) is 10.6 Å². The Morgan fingerprint density at radius 2 is 1.94 bits per heavy atom. The fourth-order valence-corrected chi connectivity index (χ4v) is 3.16. The van der Waals surface area contributed by atoms with Crippen LogP contribution in [0.2, 0.25) is 0 Å². The maximum absolute atomic E-state index is 14.3. The Morgan fingerprint density at radius 3 is 2.50 bits per heavy atom. The standard InChI is InChI=1S/C21H15F4N3O3S/c1-4-14-10-13(11-17(22)20(14)28-32(3,30)31)12-27-19(29)7-6-15-16(21(23,24)25)8-9-26-18(15)5-2/h1-2,6-11,28H,12H2,3H3,(H,27,29). The van der Waals surface area contributed by atoms with Crippen LogP contribution < -0.4 is 10.0 Å². The van der Waals surface area contributed by atoms with Crippen LogP contribution in [0.4, 0.5) is 23.2 Å². The topological polar surface area (TPSA) is 88.2 Å². The number of aromatic nitrogens is 1. The zero-order valence-electron chi connectivity index (χ0n) is 16.4. The largest absolute Gasteiger partial charge is 0.417 e. The lowest BCUT2D eigenvalue weighted by Gasteiger charge is -2.12. The summed E-state index contributed by atoms with van der Waals surface area (Å²) in [4.78, 5) is 15.7. The Kier molecular flexibility index (Phi) is 7.28. The summed E-state index contributed by atoms with van der Waals surface area (Å²) in [6.07, 6.45) is 9.21. The number of carbonyl (C=O) groups excluding carboxylic acids is 1. The first-order chi connectivity index (χ1) is 14.9. The van der Waals surface area contributed by atoms with Crippen LogP contribution in [0.3, 0.4) is 0 Å². The van der Waals surface area contributed by atoms with Crippen molar-refractivity contribution in [3.05, 3.63) is 64.2 Å². The van der Waals surface area contributed by atoms with Crippen molar-refractivity contribution in [2.24, 2.45) is 0 Å². The molecule has 0 aliphatic carbocycles. The van der Waals surface area contributed by atoms with Crippen LogP contribution in [-0.2, 0) is 27.5 Å². The summed E-state index contributed by atoms with van der Waals surface area (Å²) in [6, 6.07) is 2.96. The van der Waals surface area contributed by atoms with Crippen molar-refractivity contribution < 1.29 is 30.8 Å². The monoisotopic (exact) mass is 465 g/mol. The number of sulfonamides is 1. The smallest absolute Gasteiger partial charge is 0.348 e. The van der Waals surface area contributed by atoms with Gasteiger partial charge in [-0.3, -0.25) is 9.52 Å². The van der Waals surface area contributed by atoms with Crippen molar-refractivity contribution in [1.82, 2.24) is 10.3 Å². The van der Waals surface area contributed by atoms with E-state index in [1.54, 1.807) is 0 Å². The first-order valence-corrected chi connectivity index (χ1v) is 10.5. The highest BCUT2D eigenvalue weighted by atomic mass is 32.2. The molecule has 1 aromatic carbocycles. The fourth-order valence-electron chi connectivity index (χ4n) is 2.58. The number of rotatable bonds is 6. The summed E-state index contributed by atoms with van der Waals surface area (Å²) < 4.78 is 78.5. The molecule has 2 rings (SSSR count). The highest BCUT2D eigenvalue weighted by molar-refractivity contribution is 7.92. The summed E-state index contributed by atoms with van der Waals surface area (Å²) in [5.41, 5.74) is -2.12. The first-order valence-electron chi connectivity index (χ1n) is 8.61. The lowest BCUT2D eigenvalue weighted by molar-refractivity contribution is -0.137. The summed E-state index contributed by atoms with van der Waals surface area (Å²) in [6.45, 7) is -0.241. The molecule has 0 atom stereocenters. The fraction of sp³-hybridized carbons (Fsp3) is 0.143. The number of amides is 1. The Hall–Kier alpha value is -3.83. The van der Waals surface area contributed by atoms with Crippen LogP contribution in [0.25, 0.3) is 6.08 Å². The van der Waals surface area contributed by atoms with Gasteiger partial charge in [-0.1, -0.05) is 5.92 Å². The summed E-state index contributed by atoms with van der Waals surface area (Å²) in [5, 5.41) is 2.36. The summed E-state index contributed by atoms with van der Waals surface area (Å²) >= 11 is 0. The Bertz CT molecular complexity index is 1270. The van der Waals surface area contributed by atoms with Crippen LogP contribution >= 0.6 is 0 Å². The maximum Gasteiger partial charge on any atom is 0.417 e. The minimum Gasteiger partial charge on any atom is -0.348 e. The molecule has 0 spiro atoms. The predicted octanol–water partition coefficient (Wildman–Crippen LogP) is 2.90. The van der Waals surface area contributed by atoms with Crippen molar-refractivity contribution >= 4 is 27.7 Å². The maximum atomic E-state index is 14.3. The normalized spacial score (nSPS) is 11.6. The second-order valence-corrected chi connectivity index (χ2v) is 8.08. The minimum absolute atomic E-state index is 0.0981. The molecule has 1 heterocycles. The third kappa shape index (κ3) is 6.33. The molecule has 1 aromatic heterocycles. The number of nitrogens with one attached hydrogen (secondary N) is 2. The van der Waals surface area contributed by atoms with Gasteiger partial charge in [-0.25, -0.2) is 17.8 Å². The van der Waals surface area contributed by atoms with E-state index in [-0.39, 0.29) is 23.4 Å². The number of benzene rings is 1. The summed E-state index contributed by atoms with van der Waals surface area (Å²) in [5.74, 6) is 2.40. The molecule has 6 nitrogen and oxygen atoms in total. The second-order valence-electron chi connectivity index (χ2n) is 6.33. The number of hydrogen-bond acceptors (Lipinski definition) is 4. The zero-order valence-corrected chi connectivity index (χ0v) is 17.2. The average molecular weight is 465 g/mol. The third-order valence-electron chi connectivity index (χ3n) is 3.89. The van der Waals surface area contributed by atoms with Gasteiger partial charge in [0.15, 0.2) is 0 Å². The van der Waals surface area contributed by atoms with Gasteiger partial charge in [-0.05, 0) is 35.8 Å². The van der Waals surface area contributed by atoms with Crippen molar-refractivity contribution in [2.45, 2.75) is 12.7 Å². The first kappa shape index (κ1) is 24.4. The molecule has 0 aliphatic heterocycles. The molecular weight excluding hydrogens is 450 g/mol. The number of carbonyl (C=O) groups is 1. The number of hydrogen-bond donors (Lipinski definition) is 2. The molecule has 1 amide bonds. The zero-order chi connectivity index (χ0) is 24.1. The SMILES string of the molecule is C#Cc1cc(CNC(=O)C=Cc2c(C(F)(F)F)ccnc2C#C)cc(F)c1NS(C)(=O)=O. The van der Waals surface area contributed by atoms with Gasteiger partial charge >= 0.3 is 6.18 Å². The van der Waals surface area contributed by atoms with Gasteiger partial charge in [-0.15, -0.1) is 12.8 Å². The molecule has 32 heavy (non-hydrogen) atoms. The van der Waals surface area contributed by atoms with Crippen molar-refractivity contribution in [1.29, 1.82) is 0 Å². The number of terminal acetylenes is 2. The lowest BCUT2D eigenvalue weighted by atomic mass is 10.1. The Morgan fingerprint density at radius 1 is 1.25 bits per heavy atom. The van der Waals surface area contributed by atoms with Gasteiger partial charge in [0.05, 0.1) is 23.1 Å². The third-order valence-corrected chi connectivity index (χ3v) is 4.47. The van der Waals surface area contributed by atoms with Gasteiger partial charge in [0.1, 0.15) is 11.5 Å². The molecule has 166 valence electrons. The highest BCUT2D eigenvalue weighted by Crippen LogP contribution is 2.33. The second kappa shape index (κ2) is 9.54. The van der Waals surface area contributed by atoms with Gasteiger partial charge < -0.3 is 5.32 Å². The molecule has 0 saturated carbocycles. The average Bonchev–Trinajstić information content (AvgIpc) is 2.70. The van der Waals surface area contributed by atoms with Crippen LogP contribution in [0.1, 0.15) is 27.9 Å². The number of pyridine rings is 1. The number of anilines is 1. The van der Waals surface area contributed by atoms with Crippen molar-refractivity contribution in [2.75, 3.05) is 11.0 Å². The van der Waals surface area contributed by atoms with Crippen molar-refractivity contribution in [3.63, 3.8) is 0 Å². The Labute approximate surface area is 181 Å². The van der Waals surface area contributed by atoms with Crippen LogP contribution in [-0.4, -0.2) is 25.6 Å². The van der Waals surface area contributed by atoms with E-state index in [2.05, 4.69) is 16.2 Å². The Balaban J connectivity index is 2.22. The van der Waals surface area contributed by atoms with Gasteiger partial charge in [0.25, 0.3) is 0 Å². The van der Waals surface area contributed by atoms with E-state index in [4.69, 9.17) is 12.8 Å². The van der Waals surface area contributed by atoms with E-state index in [1.165, 1.54) is 6.07 Å². The predicted molar refractivity (Wildman–Crippen MR) is 111 cm³/mol. The molecule has 0 fully saturated rings. The molecule has 2 aromatic rings. The molecule has 0 unspecified atom stereocenters. The van der Waals surface area contributed by atoms with Crippen molar-refractivity contribution in [3.8, 4) is 24.7 Å². The van der Waals surface area contributed by atoms with Crippen LogP contribution in [0, 0.1) is 30.5 Å². The van der Waals surface area contributed by atoms with Gasteiger partial charge in [-0.2, -0.15) is 13.2 Å². The number of nitrogens with zero attached hydrogens (tertiary/aromatic N) is 1. The number of halogens is 4. The van der Waals surface area contributed by atoms with Crippen LogP contribution in [0.5, 0.6) is 0 Å². The van der Waals surface area contributed by atoms with E-state index >= 15 is 0 Å². The van der Waals surface area contributed by atoms with E-state index in [0.717, 1.165) is 36.7 Å².